The molecule has 2 aliphatic heterocycles. The van der Waals surface area contributed by atoms with E-state index in [9.17, 15) is 22.4 Å². The molecule has 2 aromatic carbocycles. The number of likely N-dealkylation sites (tertiary alicyclic amines) is 1. The first-order valence-electron chi connectivity index (χ1n) is 15.5. The first kappa shape index (κ1) is 31.4. The lowest BCUT2D eigenvalue weighted by Gasteiger charge is -2.34. The Kier molecular flexibility index (Phi) is 8.11. The number of aryl methyl sites for hydroxylation is 1. The Labute approximate surface area is 271 Å². The van der Waals surface area contributed by atoms with Gasteiger partial charge < -0.3 is 9.47 Å². The highest BCUT2D eigenvalue weighted by Crippen LogP contribution is 2.42. The Morgan fingerprint density at radius 3 is 2.62 bits per heavy atom. The lowest BCUT2D eigenvalue weighted by Crippen LogP contribution is -2.40. The van der Waals surface area contributed by atoms with Crippen LogP contribution in [0.25, 0.3) is 22.0 Å². The topological polar surface area (TPSA) is 80.9 Å². The number of aromatic nitrogens is 5. The number of piperidine rings is 1. The molecule has 0 spiro atoms. The molecule has 4 atom stereocenters. The molecule has 2 unspecified atom stereocenters. The smallest absolute Gasteiger partial charge is 0.331 e. The molecule has 0 radical (unpaired) electrons. The van der Waals surface area contributed by atoms with Gasteiger partial charge in [0.1, 0.15) is 12.3 Å². The Morgan fingerprint density at radius 1 is 1.15 bits per heavy atom. The van der Waals surface area contributed by atoms with Gasteiger partial charge >= 0.3 is 6.18 Å². The number of amides is 1. The van der Waals surface area contributed by atoms with Gasteiger partial charge in [0.15, 0.2) is 11.2 Å². The second-order valence-electron chi connectivity index (χ2n) is 12.2. The molecule has 1 saturated heterocycles. The summed E-state index contributed by atoms with van der Waals surface area (Å²) in [5.41, 5.74) is 2.02. The molecule has 14 heteroatoms. The largest absolute Gasteiger partial charge is 0.417 e. The van der Waals surface area contributed by atoms with Crippen LogP contribution >= 0.6 is 11.3 Å². The third-order valence-electron chi connectivity index (χ3n) is 9.32. The van der Waals surface area contributed by atoms with Gasteiger partial charge in [-0.25, -0.2) is 18.7 Å². The average Bonchev–Trinajstić information content (AvgIpc) is 3.84. The first-order chi connectivity index (χ1) is 22.5. The molecule has 2 aliphatic rings. The molecule has 5 heterocycles. The van der Waals surface area contributed by atoms with Crippen LogP contribution in [0, 0.1) is 6.92 Å². The van der Waals surface area contributed by atoms with E-state index in [1.54, 1.807) is 41.1 Å². The van der Waals surface area contributed by atoms with Gasteiger partial charge in [0.2, 0.25) is 0 Å². The van der Waals surface area contributed by atoms with E-state index in [0.29, 0.717) is 40.5 Å². The number of imidazole rings is 1. The van der Waals surface area contributed by atoms with Gasteiger partial charge in [-0.2, -0.15) is 18.3 Å². The normalized spacial score (nSPS) is 20.9. The van der Waals surface area contributed by atoms with E-state index in [-0.39, 0.29) is 35.5 Å². The van der Waals surface area contributed by atoms with E-state index >= 15 is 4.39 Å². The molecule has 0 bridgehead atoms. The fourth-order valence-electron chi connectivity index (χ4n) is 6.88. The van der Waals surface area contributed by atoms with Crippen LogP contribution in [-0.2, 0) is 23.9 Å². The zero-order chi connectivity index (χ0) is 33.0. The minimum absolute atomic E-state index is 0.0188. The zero-order valence-electron chi connectivity index (χ0n) is 25.6. The molecule has 1 N–H and O–H groups in total. The summed E-state index contributed by atoms with van der Waals surface area (Å²) in [6.07, 6.45) is -2.09. The minimum Gasteiger partial charge on any atom is -0.331 e. The van der Waals surface area contributed by atoms with Crippen molar-refractivity contribution in [1.29, 1.82) is 0 Å². The lowest BCUT2D eigenvalue weighted by molar-refractivity contribution is -0.136. The maximum absolute atomic E-state index is 15.0. The van der Waals surface area contributed by atoms with Crippen LogP contribution in [0.2, 0.25) is 0 Å². The van der Waals surface area contributed by atoms with Crippen molar-refractivity contribution < 1.29 is 26.7 Å². The van der Waals surface area contributed by atoms with Crippen LogP contribution in [0.4, 0.5) is 27.1 Å². The Bertz CT molecular complexity index is 1920. The second-order valence-corrected chi connectivity index (χ2v) is 13.0. The van der Waals surface area contributed by atoms with Crippen LogP contribution in [0.5, 0.6) is 0 Å². The van der Waals surface area contributed by atoms with Crippen LogP contribution < -0.4 is 5.32 Å². The molecule has 8 nitrogen and oxygen atoms in total. The molecule has 246 valence electrons. The molecule has 47 heavy (non-hydrogen) atoms. The third-order valence-corrected chi connectivity index (χ3v) is 10.0. The number of nitrogens with zero attached hydrogens (tertiary/aromatic N) is 6. The van der Waals surface area contributed by atoms with E-state index in [1.807, 2.05) is 6.92 Å². The highest BCUT2D eigenvalue weighted by molar-refractivity contribution is 7.13. The number of anilines is 1. The van der Waals surface area contributed by atoms with Crippen molar-refractivity contribution in [2.45, 2.75) is 63.7 Å². The van der Waals surface area contributed by atoms with Crippen LogP contribution in [0.3, 0.4) is 0 Å². The van der Waals surface area contributed by atoms with Gasteiger partial charge in [0.05, 0.1) is 29.6 Å². The van der Waals surface area contributed by atoms with Crippen molar-refractivity contribution in [2.75, 3.05) is 25.0 Å². The Morgan fingerprint density at radius 2 is 1.94 bits per heavy atom. The fourth-order valence-corrected chi connectivity index (χ4v) is 7.41. The summed E-state index contributed by atoms with van der Waals surface area (Å²) in [7, 11) is 0. The van der Waals surface area contributed by atoms with Gasteiger partial charge in [-0.15, -0.1) is 11.3 Å². The number of halogens is 5. The summed E-state index contributed by atoms with van der Waals surface area (Å²) in [5.74, 6) is -0.893. The van der Waals surface area contributed by atoms with Gasteiger partial charge in [0, 0.05) is 47.7 Å². The highest BCUT2D eigenvalue weighted by Gasteiger charge is 2.38. The molecule has 0 saturated carbocycles. The average molecular weight is 670 g/mol. The third kappa shape index (κ3) is 5.81. The highest BCUT2D eigenvalue weighted by atomic mass is 32.1. The molecule has 5 aromatic rings. The van der Waals surface area contributed by atoms with Gasteiger partial charge in [-0.3, -0.25) is 14.8 Å². The van der Waals surface area contributed by atoms with Crippen molar-refractivity contribution >= 4 is 33.3 Å². The van der Waals surface area contributed by atoms with Crippen molar-refractivity contribution in [2.24, 2.45) is 0 Å². The predicted molar refractivity (Wildman–Crippen MR) is 169 cm³/mol. The quantitative estimate of drug-likeness (QED) is 0.190. The maximum atomic E-state index is 15.0. The number of carbonyl (C=O) groups is 1. The van der Waals surface area contributed by atoms with Crippen molar-refractivity contribution in [3.63, 3.8) is 0 Å². The number of fused-ring (bicyclic) bond motifs is 2. The summed E-state index contributed by atoms with van der Waals surface area (Å²) < 4.78 is 76.1. The number of rotatable bonds is 7. The van der Waals surface area contributed by atoms with E-state index < -0.39 is 36.0 Å². The summed E-state index contributed by atoms with van der Waals surface area (Å²) in [6, 6.07) is 6.85. The standard InChI is InChI=1S/C33H32F5N7OS/c1-3-43-10-8-22(26(35)16-43)19-4-6-20(7-5-19)23-13-25(33(36,37)38)24-15-45(42-28(24)18(23)2)30(31(46)41-32-39-9-11-47-32)29-27-12-21(34)14-44(27)17-40-29/h4-7,9,11,13,15,17,21-22,26,30H,3,8,10,12,14,16H2,1-2H3,(H,39,41,46)/t21?,22-,26+,30?/m1/s1. The Balaban J connectivity index is 1.31. The molecular weight excluding hydrogens is 637 g/mol. The molecular formula is C33H32F5N7OS. The number of alkyl halides is 5. The van der Waals surface area contributed by atoms with Crippen LogP contribution in [0.1, 0.15) is 53.4 Å². The molecule has 1 amide bonds. The molecule has 7 rings (SSSR count). The van der Waals surface area contributed by atoms with E-state index in [0.717, 1.165) is 24.7 Å². The van der Waals surface area contributed by atoms with Crippen molar-refractivity contribution in [3.8, 4) is 11.1 Å². The second kappa shape index (κ2) is 12.1. The van der Waals surface area contributed by atoms with Gasteiger partial charge in [0.25, 0.3) is 5.91 Å². The monoisotopic (exact) mass is 669 g/mol. The van der Waals surface area contributed by atoms with Gasteiger partial charge in [-0.05, 0) is 54.8 Å². The Hall–Kier alpha value is -4.17. The fraction of sp³-hybridized carbons (Fsp3) is 0.394. The van der Waals surface area contributed by atoms with Gasteiger partial charge in [-0.1, -0.05) is 31.2 Å². The SMILES string of the molecule is CCN1CC[C@H](c2ccc(-c3cc(C(F)(F)F)c4cn(C(C(=O)Nc5nccs5)c5ncn6c5CC(F)C6)nc4c3C)cc2)[C@@H](F)C1. The molecule has 3 aromatic heterocycles. The van der Waals surface area contributed by atoms with Crippen LogP contribution in [-0.4, -0.2) is 67.1 Å². The lowest BCUT2D eigenvalue weighted by atomic mass is 9.86. The number of hydrogen-bond acceptors (Lipinski definition) is 6. The first-order valence-corrected chi connectivity index (χ1v) is 16.3. The predicted octanol–water partition coefficient (Wildman–Crippen LogP) is 6.95. The summed E-state index contributed by atoms with van der Waals surface area (Å²) in [6.45, 7) is 5.69. The molecule has 1 fully saturated rings. The van der Waals surface area contributed by atoms with E-state index in [1.165, 1.54) is 34.7 Å². The van der Waals surface area contributed by atoms with Crippen molar-refractivity contribution in [1.82, 2.24) is 29.2 Å². The minimum atomic E-state index is -4.74. The van der Waals surface area contributed by atoms with Crippen molar-refractivity contribution in [3.05, 3.63) is 82.5 Å². The summed E-state index contributed by atoms with van der Waals surface area (Å²) in [5, 5.41) is 9.08. The summed E-state index contributed by atoms with van der Waals surface area (Å²) >= 11 is 1.18. The number of carbonyl (C=O) groups excluding carboxylic acids is 1. The number of benzene rings is 2. The van der Waals surface area contributed by atoms with Crippen LogP contribution in [0.15, 0.2) is 54.4 Å². The summed E-state index contributed by atoms with van der Waals surface area (Å²) in [4.78, 5) is 24.3. The molecule has 0 aliphatic carbocycles. The number of nitrogens with one attached hydrogen (secondary N) is 1. The number of hydrogen-bond donors (Lipinski definition) is 1. The maximum Gasteiger partial charge on any atom is 0.417 e. The van der Waals surface area contributed by atoms with E-state index in [2.05, 4.69) is 25.3 Å². The zero-order valence-corrected chi connectivity index (χ0v) is 26.5. The van der Waals surface area contributed by atoms with E-state index in [4.69, 9.17) is 0 Å². The number of thiazole rings is 1.